The number of aromatic nitrogens is 4. The minimum atomic E-state index is -0.563. The lowest BCUT2D eigenvalue weighted by atomic mass is 10.1. The van der Waals surface area contributed by atoms with Gasteiger partial charge >= 0.3 is 5.69 Å². The zero-order chi connectivity index (χ0) is 25.4. The third-order valence-electron chi connectivity index (χ3n) is 5.98. The zero-order valence-electron chi connectivity index (χ0n) is 19.4. The number of hydrogen-bond donors (Lipinski definition) is 2. The molecule has 0 unspecified atom stereocenters. The second kappa shape index (κ2) is 9.11. The van der Waals surface area contributed by atoms with E-state index in [0.717, 1.165) is 5.57 Å². The molecule has 11 nitrogen and oxygen atoms in total. The average molecular weight is 496 g/mol. The lowest BCUT2D eigenvalue weighted by Crippen LogP contribution is -2.37. The predicted molar refractivity (Wildman–Crippen MR) is 134 cm³/mol. The number of carbonyl (C=O) groups is 1. The molecule has 11 heteroatoms. The Labute approximate surface area is 209 Å². The molecule has 6 rings (SSSR count). The molecule has 2 aromatic carbocycles. The molecular weight excluding hydrogens is 476 g/mol. The van der Waals surface area contributed by atoms with Crippen molar-refractivity contribution >= 4 is 22.4 Å². The Balaban J connectivity index is 1.28. The Morgan fingerprint density at radius 3 is 2.54 bits per heavy atom. The Kier molecular flexibility index (Phi) is 5.49. The predicted octanol–water partition coefficient (Wildman–Crippen LogP) is 1.81. The maximum absolute atomic E-state index is 13.1. The fraction of sp³-hybridized carbons (Fsp3) is 0.115. The molecule has 2 aliphatic heterocycles. The van der Waals surface area contributed by atoms with E-state index in [1.165, 1.54) is 9.58 Å². The van der Waals surface area contributed by atoms with Crippen molar-refractivity contribution in [3.8, 4) is 11.5 Å². The summed E-state index contributed by atoms with van der Waals surface area (Å²) in [6, 6.07) is 11.9. The lowest BCUT2D eigenvalue weighted by molar-refractivity contribution is 0.0780. The van der Waals surface area contributed by atoms with Crippen molar-refractivity contribution in [1.82, 2.24) is 30.0 Å². The highest BCUT2D eigenvalue weighted by Gasteiger charge is 2.19. The van der Waals surface area contributed by atoms with Crippen molar-refractivity contribution in [3.05, 3.63) is 111 Å². The van der Waals surface area contributed by atoms with Crippen molar-refractivity contribution in [1.29, 1.82) is 0 Å². The minimum absolute atomic E-state index is 0.130. The lowest BCUT2D eigenvalue weighted by Gasteiger charge is -2.22. The van der Waals surface area contributed by atoms with Crippen molar-refractivity contribution in [2.24, 2.45) is 0 Å². The van der Waals surface area contributed by atoms with E-state index in [0.29, 0.717) is 52.6 Å². The van der Waals surface area contributed by atoms with E-state index >= 15 is 0 Å². The number of nitrogens with zero attached hydrogens (tertiary/aromatic N) is 4. The number of hydrogen-bond acceptors (Lipinski definition) is 8. The van der Waals surface area contributed by atoms with E-state index in [2.05, 4.69) is 20.4 Å². The van der Waals surface area contributed by atoms with E-state index in [1.54, 1.807) is 67.3 Å². The molecule has 1 amide bonds. The summed E-state index contributed by atoms with van der Waals surface area (Å²) in [4.78, 5) is 49.1. The molecule has 2 aliphatic rings. The molecule has 0 atom stereocenters. The van der Waals surface area contributed by atoms with Crippen LogP contribution in [-0.4, -0.2) is 43.6 Å². The molecule has 0 bridgehead atoms. The molecule has 0 radical (unpaired) electrons. The molecule has 0 fully saturated rings. The number of ether oxygens (including phenoxy) is 2. The fourth-order valence-corrected chi connectivity index (χ4v) is 4.20. The first-order chi connectivity index (χ1) is 18.1. The van der Waals surface area contributed by atoms with Crippen molar-refractivity contribution in [2.75, 3.05) is 13.2 Å². The van der Waals surface area contributed by atoms with Crippen LogP contribution in [0, 0.1) is 0 Å². The number of fused-ring (bicyclic) bond motifs is 2. The molecule has 0 saturated carbocycles. The Bertz CT molecular complexity index is 1710. The summed E-state index contributed by atoms with van der Waals surface area (Å²) in [5.41, 5.74) is 4.13. The molecular formula is C26H20N6O5. The summed E-state index contributed by atoms with van der Waals surface area (Å²) >= 11 is 0. The van der Waals surface area contributed by atoms with Gasteiger partial charge in [0.05, 0.1) is 17.4 Å². The maximum Gasteiger partial charge on any atom is 0.329 e. The number of nitrogens with one attached hydrogen (secondary N) is 2. The van der Waals surface area contributed by atoms with Crippen LogP contribution in [-0.2, 0) is 6.54 Å². The number of carbonyl (C=O) groups excluding carboxylic acids is 1. The van der Waals surface area contributed by atoms with Crippen molar-refractivity contribution < 1.29 is 14.3 Å². The smallest absolute Gasteiger partial charge is 0.329 e. The van der Waals surface area contributed by atoms with Gasteiger partial charge in [0, 0.05) is 42.0 Å². The SMILES string of the molecule is O=C(c1cccc(Cn2c(=O)[nH]c(=O)c3cc4c(cc32)OCCO4)c1)N1C=CC(c2ncccn2)=CN1. The monoisotopic (exact) mass is 496 g/mol. The van der Waals surface area contributed by atoms with Crippen LogP contribution in [0.25, 0.3) is 16.5 Å². The van der Waals surface area contributed by atoms with Gasteiger partial charge in [0.1, 0.15) is 13.2 Å². The van der Waals surface area contributed by atoms with Crippen LogP contribution in [0.2, 0.25) is 0 Å². The molecule has 4 aromatic rings. The van der Waals surface area contributed by atoms with Crippen LogP contribution in [0.4, 0.5) is 0 Å². The molecule has 2 N–H and O–H groups in total. The summed E-state index contributed by atoms with van der Waals surface area (Å²) in [5.74, 6) is 1.18. The van der Waals surface area contributed by atoms with E-state index in [9.17, 15) is 14.4 Å². The van der Waals surface area contributed by atoms with E-state index in [4.69, 9.17) is 9.47 Å². The fourth-order valence-electron chi connectivity index (χ4n) is 4.20. The van der Waals surface area contributed by atoms with Gasteiger partial charge in [-0.15, -0.1) is 0 Å². The normalized spacial score (nSPS) is 14.3. The van der Waals surface area contributed by atoms with Gasteiger partial charge in [-0.25, -0.2) is 19.8 Å². The first-order valence-corrected chi connectivity index (χ1v) is 11.5. The van der Waals surface area contributed by atoms with Crippen molar-refractivity contribution in [3.63, 3.8) is 0 Å². The number of allylic oxidation sites excluding steroid dienone is 2. The number of rotatable bonds is 4. The van der Waals surface area contributed by atoms with Gasteiger partial charge in [0.2, 0.25) is 0 Å². The molecule has 37 heavy (non-hydrogen) atoms. The average Bonchev–Trinajstić information content (AvgIpc) is 2.95. The minimum Gasteiger partial charge on any atom is -0.486 e. The number of aromatic amines is 1. The Morgan fingerprint density at radius 2 is 1.78 bits per heavy atom. The number of H-pyrrole nitrogens is 1. The summed E-state index contributed by atoms with van der Waals surface area (Å²) in [7, 11) is 0. The van der Waals surface area contributed by atoms with Crippen LogP contribution < -0.4 is 26.1 Å². The van der Waals surface area contributed by atoms with Gasteiger partial charge in [-0.1, -0.05) is 12.1 Å². The van der Waals surface area contributed by atoms with Gasteiger partial charge in [0.25, 0.3) is 11.5 Å². The summed E-state index contributed by atoms with van der Waals surface area (Å²) in [6.07, 6.45) is 8.28. The molecule has 0 saturated heterocycles. The maximum atomic E-state index is 13.1. The third kappa shape index (κ3) is 4.22. The zero-order valence-corrected chi connectivity index (χ0v) is 19.4. The molecule has 2 aromatic heterocycles. The van der Waals surface area contributed by atoms with Gasteiger partial charge in [-0.2, -0.15) is 0 Å². The summed E-state index contributed by atoms with van der Waals surface area (Å²) in [5, 5.41) is 1.65. The molecule has 0 spiro atoms. The summed E-state index contributed by atoms with van der Waals surface area (Å²) in [6.45, 7) is 0.894. The van der Waals surface area contributed by atoms with E-state index in [-0.39, 0.29) is 12.5 Å². The van der Waals surface area contributed by atoms with Gasteiger partial charge in [-0.05, 0) is 35.9 Å². The number of hydrazine groups is 1. The Morgan fingerprint density at radius 1 is 1.00 bits per heavy atom. The van der Waals surface area contributed by atoms with Crippen LogP contribution in [0.5, 0.6) is 11.5 Å². The topological polar surface area (TPSA) is 131 Å². The van der Waals surface area contributed by atoms with E-state index < -0.39 is 11.2 Å². The van der Waals surface area contributed by atoms with Crippen LogP contribution in [0.1, 0.15) is 21.7 Å². The van der Waals surface area contributed by atoms with Gasteiger partial charge < -0.3 is 9.47 Å². The molecule has 184 valence electrons. The highest BCUT2D eigenvalue weighted by atomic mass is 16.6. The highest BCUT2D eigenvalue weighted by Crippen LogP contribution is 2.33. The Hall–Kier alpha value is -5.19. The third-order valence-corrected chi connectivity index (χ3v) is 5.98. The first-order valence-electron chi connectivity index (χ1n) is 11.5. The molecule has 4 heterocycles. The highest BCUT2D eigenvalue weighted by molar-refractivity contribution is 5.95. The summed E-state index contributed by atoms with van der Waals surface area (Å²) < 4.78 is 12.7. The second-order valence-corrected chi connectivity index (χ2v) is 8.35. The largest absolute Gasteiger partial charge is 0.486 e. The van der Waals surface area contributed by atoms with Gasteiger partial charge in [-0.3, -0.25) is 24.6 Å². The first kappa shape index (κ1) is 22.3. The number of amides is 1. The quantitative estimate of drug-likeness (QED) is 0.437. The second-order valence-electron chi connectivity index (χ2n) is 8.35. The van der Waals surface area contributed by atoms with E-state index in [1.807, 2.05) is 6.07 Å². The van der Waals surface area contributed by atoms with Crippen LogP contribution >= 0.6 is 0 Å². The van der Waals surface area contributed by atoms with Crippen LogP contribution in [0.15, 0.2) is 82.9 Å². The standard InChI is InChI=1S/C26H20N6O5/c33-24-19-12-21-22(37-10-9-36-21)13-20(19)31(26(35)30-24)15-16-3-1-4-17(11-16)25(34)32-8-5-18(14-29-32)23-27-6-2-7-28-23/h1-8,11-14,29H,9-10,15H2,(H,30,33,35). The van der Waals surface area contributed by atoms with Crippen molar-refractivity contribution in [2.45, 2.75) is 6.54 Å². The number of benzene rings is 2. The molecule has 0 aliphatic carbocycles. The van der Waals surface area contributed by atoms with Crippen LogP contribution in [0.3, 0.4) is 0 Å². The van der Waals surface area contributed by atoms with Gasteiger partial charge in [0.15, 0.2) is 17.3 Å².